The van der Waals surface area contributed by atoms with Gasteiger partial charge in [-0.05, 0) is 6.07 Å². The van der Waals surface area contributed by atoms with Crippen molar-refractivity contribution in [3.8, 4) is 5.75 Å². The molecule has 0 bridgehead atoms. The van der Waals surface area contributed by atoms with E-state index in [0.717, 1.165) is 0 Å². The summed E-state index contributed by atoms with van der Waals surface area (Å²) < 4.78 is 15.2. The highest BCUT2D eigenvalue weighted by Gasteiger charge is 2.12. The third-order valence-electron chi connectivity index (χ3n) is 1.23. The van der Waals surface area contributed by atoms with Gasteiger partial charge < -0.3 is 4.74 Å². The Hall–Kier alpha value is -0.670. The minimum atomic E-state index is 0.377. The van der Waals surface area contributed by atoms with Crippen LogP contribution < -0.4 is 4.74 Å². The van der Waals surface area contributed by atoms with Gasteiger partial charge in [0.15, 0.2) is 0 Å². The SMILES string of the molecule is COc1ccc([S+]=O)c(Cl)c1. The molecule has 58 valence electrons. The zero-order valence-corrected chi connectivity index (χ0v) is 7.41. The van der Waals surface area contributed by atoms with Gasteiger partial charge in [-0.2, -0.15) is 0 Å². The first-order valence-corrected chi connectivity index (χ1v) is 4.03. The third kappa shape index (κ3) is 1.88. The molecule has 0 aliphatic carbocycles. The maximum atomic E-state index is 10.3. The van der Waals surface area contributed by atoms with Crippen molar-refractivity contribution in [2.45, 2.75) is 4.90 Å². The summed E-state index contributed by atoms with van der Waals surface area (Å²) in [7, 11) is 1.55. The van der Waals surface area contributed by atoms with Gasteiger partial charge in [0, 0.05) is 16.3 Å². The second-order valence-corrected chi connectivity index (χ2v) is 2.89. The van der Waals surface area contributed by atoms with Crippen LogP contribution in [0.25, 0.3) is 0 Å². The van der Waals surface area contributed by atoms with Crippen molar-refractivity contribution in [2.24, 2.45) is 0 Å². The van der Waals surface area contributed by atoms with Crippen LogP contribution in [0.15, 0.2) is 23.1 Å². The number of rotatable bonds is 2. The molecule has 0 N–H and O–H groups in total. The van der Waals surface area contributed by atoms with Crippen LogP contribution in [0.4, 0.5) is 0 Å². The summed E-state index contributed by atoms with van der Waals surface area (Å²) in [4.78, 5) is 0.521. The van der Waals surface area contributed by atoms with Gasteiger partial charge >= 0.3 is 16.6 Å². The smallest absolute Gasteiger partial charge is 0.497 e. The van der Waals surface area contributed by atoms with E-state index >= 15 is 0 Å². The molecule has 0 aliphatic rings. The van der Waals surface area contributed by atoms with E-state index in [1.807, 2.05) is 0 Å². The summed E-state index contributed by atoms with van der Waals surface area (Å²) in [5, 5.41) is 0.435. The lowest BCUT2D eigenvalue weighted by Gasteiger charge is -1.96. The van der Waals surface area contributed by atoms with Crippen molar-refractivity contribution < 1.29 is 8.95 Å². The van der Waals surface area contributed by atoms with Crippen molar-refractivity contribution in [1.29, 1.82) is 0 Å². The van der Waals surface area contributed by atoms with Crippen molar-refractivity contribution in [2.75, 3.05) is 7.11 Å². The van der Waals surface area contributed by atoms with E-state index in [9.17, 15) is 4.21 Å². The van der Waals surface area contributed by atoms with Gasteiger partial charge in [-0.15, -0.1) is 0 Å². The van der Waals surface area contributed by atoms with Crippen molar-refractivity contribution in [3.05, 3.63) is 23.2 Å². The van der Waals surface area contributed by atoms with Gasteiger partial charge in [-0.3, -0.25) is 0 Å². The van der Waals surface area contributed by atoms with Crippen LogP contribution in [0.1, 0.15) is 0 Å². The molecule has 0 spiro atoms. The van der Waals surface area contributed by atoms with Crippen molar-refractivity contribution in [3.63, 3.8) is 0 Å². The average Bonchev–Trinajstić information content (AvgIpc) is 2.04. The van der Waals surface area contributed by atoms with Crippen LogP contribution in [0.5, 0.6) is 5.75 Å². The number of hydrogen-bond acceptors (Lipinski definition) is 2. The van der Waals surface area contributed by atoms with E-state index in [-0.39, 0.29) is 0 Å². The van der Waals surface area contributed by atoms with Crippen molar-refractivity contribution >= 4 is 23.3 Å². The molecule has 0 aliphatic heterocycles. The second kappa shape index (κ2) is 3.64. The molecule has 1 aromatic rings. The Morgan fingerprint density at radius 1 is 1.55 bits per heavy atom. The van der Waals surface area contributed by atoms with Crippen LogP contribution in [0.2, 0.25) is 5.02 Å². The fourth-order valence-corrected chi connectivity index (χ4v) is 1.20. The molecule has 0 saturated heterocycles. The molecule has 0 heterocycles. The molecule has 2 nitrogen and oxygen atoms in total. The monoisotopic (exact) mass is 189 g/mol. The molecule has 0 fully saturated rings. The normalized spacial score (nSPS) is 9.27. The van der Waals surface area contributed by atoms with Gasteiger partial charge in [-0.1, -0.05) is 11.6 Å². The Balaban J connectivity index is 3.09. The van der Waals surface area contributed by atoms with Crippen LogP contribution in [-0.2, 0) is 15.9 Å². The summed E-state index contributed by atoms with van der Waals surface area (Å²) in [6, 6.07) is 4.95. The Kier molecular flexibility index (Phi) is 2.79. The summed E-state index contributed by atoms with van der Waals surface area (Å²) in [6.07, 6.45) is 0. The molecule has 11 heavy (non-hydrogen) atoms. The molecular formula is C7H6ClO2S+. The van der Waals surface area contributed by atoms with E-state index in [2.05, 4.69) is 0 Å². The quantitative estimate of drug-likeness (QED) is 0.667. The lowest BCUT2D eigenvalue weighted by Crippen LogP contribution is -1.83. The predicted octanol–water partition coefficient (Wildman–Crippen LogP) is 2.14. The topological polar surface area (TPSA) is 26.3 Å². The lowest BCUT2D eigenvalue weighted by atomic mass is 10.3. The number of benzene rings is 1. The molecule has 0 radical (unpaired) electrons. The first kappa shape index (κ1) is 8.43. The molecule has 1 rings (SSSR count). The van der Waals surface area contributed by atoms with E-state index in [1.54, 1.807) is 25.3 Å². The first-order chi connectivity index (χ1) is 5.27. The highest BCUT2D eigenvalue weighted by molar-refractivity contribution is 7.65. The molecule has 0 aromatic heterocycles. The second-order valence-electron chi connectivity index (χ2n) is 1.88. The standard InChI is InChI=1S/C7H6ClO2S/c1-10-5-2-3-7(11-9)6(8)4-5/h2-4H,1H3/q+1. The van der Waals surface area contributed by atoms with Crippen LogP contribution in [0.3, 0.4) is 0 Å². The fraction of sp³-hybridized carbons (Fsp3) is 0.143. The van der Waals surface area contributed by atoms with Gasteiger partial charge in [-0.25, -0.2) is 0 Å². The van der Waals surface area contributed by atoms with E-state index < -0.39 is 0 Å². The Labute approximate surface area is 73.6 Å². The largest absolute Gasteiger partial charge is 0.506 e. The zero-order valence-electron chi connectivity index (χ0n) is 5.83. The van der Waals surface area contributed by atoms with E-state index in [0.29, 0.717) is 27.3 Å². The molecule has 0 saturated carbocycles. The number of hydrogen-bond donors (Lipinski definition) is 0. The zero-order chi connectivity index (χ0) is 8.27. The minimum Gasteiger partial charge on any atom is -0.497 e. The first-order valence-electron chi connectivity index (χ1n) is 2.91. The summed E-state index contributed by atoms with van der Waals surface area (Å²) >= 11 is 6.08. The average molecular weight is 190 g/mol. The van der Waals surface area contributed by atoms with Crippen LogP contribution in [0, 0.1) is 0 Å². The number of methoxy groups -OCH3 is 1. The Morgan fingerprint density at radius 3 is 2.73 bits per heavy atom. The van der Waals surface area contributed by atoms with E-state index in [1.165, 1.54) is 0 Å². The number of ether oxygens (including phenoxy) is 1. The molecule has 0 atom stereocenters. The van der Waals surface area contributed by atoms with Gasteiger partial charge in [0.2, 0.25) is 0 Å². The van der Waals surface area contributed by atoms with Gasteiger partial charge in [0.1, 0.15) is 10.8 Å². The fourth-order valence-electron chi connectivity index (χ4n) is 0.676. The molecule has 0 unspecified atom stereocenters. The molecule has 4 heteroatoms. The highest BCUT2D eigenvalue weighted by atomic mass is 35.5. The van der Waals surface area contributed by atoms with Crippen molar-refractivity contribution in [1.82, 2.24) is 0 Å². The third-order valence-corrected chi connectivity index (χ3v) is 2.19. The lowest BCUT2D eigenvalue weighted by molar-refractivity contribution is 0.414. The van der Waals surface area contributed by atoms with E-state index in [4.69, 9.17) is 16.3 Å². The predicted molar refractivity (Wildman–Crippen MR) is 44.3 cm³/mol. The van der Waals surface area contributed by atoms with Crippen LogP contribution in [-0.4, -0.2) is 7.11 Å². The van der Waals surface area contributed by atoms with Crippen LogP contribution >= 0.6 is 11.6 Å². The Bertz CT molecular complexity index is 275. The molecule has 0 amide bonds. The van der Waals surface area contributed by atoms with Gasteiger partial charge in [0.05, 0.1) is 7.11 Å². The minimum absolute atomic E-state index is 0.377. The number of halogens is 1. The summed E-state index contributed by atoms with van der Waals surface area (Å²) in [6.45, 7) is 0. The molecular weight excluding hydrogens is 184 g/mol. The van der Waals surface area contributed by atoms with Gasteiger partial charge in [0.25, 0.3) is 0 Å². The summed E-state index contributed by atoms with van der Waals surface area (Å²) in [5.41, 5.74) is 0. The maximum absolute atomic E-state index is 10.3. The summed E-state index contributed by atoms with van der Waals surface area (Å²) in [5.74, 6) is 0.660. The molecule has 1 aromatic carbocycles. The Morgan fingerprint density at radius 2 is 2.27 bits per heavy atom. The highest BCUT2D eigenvalue weighted by Crippen LogP contribution is 2.22. The maximum Gasteiger partial charge on any atom is 0.506 e.